The second kappa shape index (κ2) is 4.65. The Morgan fingerprint density at radius 2 is 2.33 bits per heavy atom. The van der Waals surface area contributed by atoms with Gasteiger partial charge < -0.3 is 10.3 Å². The van der Waals surface area contributed by atoms with Crippen molar-refractivity contribution in [1.82, 2.24) is 15.1 Å². The van der Waals surface area contributed by atoms with Crippen LogP contribution in [0.25, 0.3) is 11.4 Å². The van der Waals surface area contributed by atoms with Gasteiger partial charge in [-0.3, -0.25) is 4.98 Å². The van der Waals surface area contributed by atoms with Gasteiger partial charge in [0.25, 0.3) is 0 Å². The average molecular weight is 204 g/mol. The summed E-state index contributed by atoms with van der Waals surface area (Å²) in [5.74, 6) is 1.20. The second-order valence-corrected chi connectivity index (χ2v) is 3.15. The van der Waals surface area contributed by atoms with E-state index >= 15 is 0 Å². The lowest BCUT2D eigenvalue weighted by Crippen LogP contribution is -2.00. The van der Waals surface area contributed by atoms with Gasteiger partial charge in [-0.25, -0.2) is 0 Å². The molecule has 0 fully saturated rings. The minimum atomic E-state index is 0.579. The number of pyridine rings is 1. The fourth-order valence-electron chi connectivity index (χ4n) is 1.22. The molecular formula is C10H12N4O. The maximum Gasteiger partial charge on any atom is 0.227 e. The van der Waals surface area contributed by atoms with Gasteiger partial charge in [-0.05, 0) is 25.1 Å². The Kier molecular flexibility index (Phi) is 3.04. The third-order valence-electron chi connectivity index (χ3n) is 1.98. The highest BCUT2D eigenvalue weighted by atomic mass is 16.5. The first-order valence-corrected chi connectivity index (χ1v) is 4.83. The van der Waals surface area contributed by atoms with E-state index in [9.17, 15) is 0 Å². The van der Waals surface area contributed by atoms with Gasteiger partial charge in [0.1, 0.15) is 0 Å². The molecule has 2 N–H and O–H groups in total. The topological polar surface area (TPSA) is 77.8 Å². The van der Waals surface area contributed by atoms with Crippen LogP contribution in [-0.4, -0.2) is 21.7 Å². The van der Waals surface area contributed by atoms with Gasteiger partial charge in [-0.15, -0.1) is 0 Å². The highest BCUT2D eigenvalue weighted by Crippen LogP contribution is 2.13. The number of aromatic nitrogens is 3. The van der Waals surface area contributed by atoms with Crippen LogP contribution >= 0.6 is 0 Å². The summed E-state index contributed by atoms with van der Waals surface area (Å²) in [4.78, 5) is 8.24. The molecule has 0 saturated heterocycles. The van der Waals surface area contributed by atoms with Gasteiger partial charge in [0.05, 0.1) is 0 Å². The van der Waals surface area contributed by atoms with Gasteiger partial charge in [-0.1, -0.05) is 5.16 Å². The molecule has 0 saturated carbocycles. The average Bonchev–Trinajstić information content (AvgIpc) is 2.76. The van der Waals surface area contributed by atoms with Gasteiger partial charge in [0, 0.05) is 24.4 Å². The molecule has 5 nitrogen and oxygen atoms in total. The zero-order valence-electron chi connectivity index (χ0n) is 8.26. The third-order valence-corrected chi connectivity index (χ3v) is 1.98. The van der Waals surface area contributed by atoms with Crippen molar-refractivity contribution in [1.29, 1.82) is 0 Å². The predicted octanol–water partition coefficient (Wildman–Crippen LogP) is 1.02. The maximum absolute atomic E-state index is 5.39. The van der Waals surface area contributed by atoms with Gasteiger partial charge >= 0.3 is 0 Å². The van der Waals surface area contributed by atoms with Crippen LogP contribution in [0.4, 0.5) is 0 Å². The van der Waals surface area contributed by atoms with E-state index in [0.29, 0.717) is 18.3 Å². The van der Waals surface area contributed by atoms with Crippen LogP contribution < -0.4 is 5.73 Å². The van der Waals surface area contributed by atoms with Crippen LogP contribution in [0.5, 0.6) is 0 Å². The minimum absolute atomic E-state index is 0.579. The summed E-state index contributed by atoms with van der Waals surface area (Å²) < 4.78 is 5.08. The SMILES string of the molecule is NCCCc1nc(-c2cccnc2)no1. The van der Waals surface area contributed by atoms with E-state index in [1.807, 2.05) is 12.1 Å². The van der Waals surface area contributed by atoms with Crippen molar-refractivity contribution in [3.63, 3.8) is 0 Å². The molecule has 0 spiro atoms. The first-order valence-electron chi connectivity index (χ1n) is 4.83. The van der Waals surface area contributed by atoms with Crippen LogP contribution in [0, 0.1) is 0 Å². The molecule has 0 bridgehead atoms. The number of nitrogens with zero attached hydrogens (tertiary/aromatic N) is 3. The van der Waals surface area contributed by atoms with Crippen LogP contribution in [0.2, 0.25) is 0 Å². The Morgan fingerprint density at radius 3 is 3.07 bits per heavy atom. The van der Waals surface area contributed by atoms with Crippen molar-refractivity contribution >= 4 is 0 Å². The van der Waals surface area contributed by atoms with E-state index < -0.39 is 0 Å². The Hall–Kier alpha value is -1.75. The van der Waals surface area contributed by atoms with Crippen molar-refractivity contribution in [3.8, 4) is 11.4 Å². The van der Waals surface area contributed by atoms with Gasteiger partial charge in [0.15, 0.2) is 0 Å². The standard InChI is InChI=1S/C10H12N4O/c11-5-1-4-9-13-10(14-15-9)8-3-2-6-12-7-8/h2-3,6-7H,1,4-5,11H2. The molecule has 2 heterocycles. The quantitative estimate of drug-likeness (QED) is 0.804. The summed E-state index contributed by atoms with van der Waals surface area (Å²) in [6, 6.07) is 3.73. The lowest BCUT2D eigenvalue weighted by atomic mass is 10.3. The molecule has 0 aliphatic carbocycles. The molecule has 0 unspecified atom stereocenters. The Labute approximate surface area is 87.3 Å². The molecule has 0 radical (unpaired) electrons. The number of hydrogen-bond donors (Lipinski definition) is 1. The summed E-state index contributed by atoms with van der Waals surface area (Å²) in [6.45, 7) is 0.630. The Morgan fingerprint density at radius 1 is 1.40 bits per heavy atom. The third kappa shape index (κ3) is 2.38. The number of aryl methyl sites for hydroxylation is 1. The smallest absolute Gasteiger partial charge is 0.227 e. The van der Waals surface area contributed by atoms with Gasteiger partial charge in [0.2, 0.25) is 11.7 Å². The summed E-state index contributed by atoms with van der Waals surface area (Å²) in [5, 5.41) is 3.87. The molecule has 78 valence electrons. The molecule has 2 aromatic rings. The van der Waals surface area contributed by atoms with Crippen molar-refractivity contribution in [3.05, 3.63) is 30.4 Å². The number of rotatable bonds is 4. The van der Waals surface area contributed by atoms with Crippen molar-refractivity contribution in [2.24, 2.45) is 5.73 Å². The molecule has 2 aromatic heterocycles. The Bertz CT molecular complexity index is 412. The van der Waals surface area contributed by atoms with E-state index in [1.165, 1.54) is 0 Å². The monoisotopic (exact) mass is 204 g/mol. The molecule has 0 atom stereocenters. The van der Waals surface area contributed by atoms with E-state index in [4.69, 9.17) is 10.3 Å². The zero-order chi connectivity index (χ0) is 10.5. The maximum atomic E-state index is 5.39. The fourth-order valence-corrected chi connectivity index (χ4v) is 1.22. The lowest BCUT2D eigenvalue weighted by Gasteiger charge is -1.90. The molecule has 0 amide bonds. The lowest BCUT2D eigenvalue weighted by molar-refractivity contribution is 0.376. The highest BCUT2D eigenvalue weighted by molar-refractivity contribution is 5.51. The van der Waals surface area contributed by atoms with Crippen LogP contribution in [0.1, 0.15) is 12.3 Å². The van der Waals surface area contributed by atoms with E-state index in [-0.39, 0.29) is 0 Å². The van der Waals surface area contributed by atoms with Crippen LogP contribution in [-0.2, 0) is 6.42 Å². The number of hydrogen-bond acceptors (Lipinski definition) is 5. The largest absolute Gasteiger partial charge is 0.339 e. The molecule has 0 aliphatic heterocycles. The molecule has 15 heavy (non-hydrogen) atoms. The first kappa shape index (κ1) is 9.79. The predicted molar refractivity (Wildman–Crippen MR) is 54.9 cm³/mol. The molecule has 0 aliphatic rings. The van der Waals surface area contributed by atoms with E-state index in [1.54, 1.807) is 12.4 Å². The summed E-state index contributed by atoms with van der Waals surface area (Å²) in [5.41, 5.74) is 6.26. The van der Waals surface area contributed by atoms with Crippen LogP contribution in [0.3, 0.4) is 0 Å². The molecular weight excluding hydrogens is 192 g/mol. The van der Waals surface area contributed by atoms with E-state index in [2.05, 4.69) is 15.1 Å². The normalized spacial score (nSPS) is 10.5. The fraction of sp³-hybridized carbons (Fsp3) is 0.300. The second-order valence-electron chi connectivity index (χ2n) is 3.15. The molecule has 2 rings (SSSR count). The number of nitrogens with two attached hydrogens (primary N) is 1. The first-order chi connectivity index (χ1) is 7.40. The van der Waals surface area contributed by atoms with Crippen molar-refractivity contribution < 1.29 is 4.52 Å². The minimum Gasteiger partial charge on any atom is -0.339 e. The Balaban J connectivity index is 2.14. The van der Waals surface area contributed by atoms with E-state index in [0.717, 1.165) is 18.4 Å². The van der Waals surface area contributed by atoms with Gasteiger partial charge in [-0.2, -0.15) is 4.98 Å². The summed E-state index contributed by atoms with van der Waals surface area (Å²) in [7, 11) is 0. The zero-order valence-corrected chi connectivity index (χ0v) is 8.26. The summed E-state index contributed by atoms with van der Waals surface area (Å²) in [6.07, 6.45) is 4.99. The highest BCUT2D eigenvalue weighted by Gasteiger charge is 2.07. The summed E-state index contributed by atoms with van der Waals surface area (Å²) >= 11 is 0. The molecule has 5 heteroatoms. The van der Waals surface area contributed by atoms with Crippen molar-refractivity contribution in [2.75, 3.05) is 6.54 Å². The van der Waals surface area contributed by atoms with Crippen molar-refractivity contribution in [2.45, 2.75) is 12.8 Å². The van der Waals surface area contributed by atoms with Crippen LogP contribution in [0.15, 0.2) is 29.0 Å². The molecule has 0 aromatic carbocycles.